The molecule has 0 spiro atoms. The van der Waals surface area contributed by atoms with Crippen LogP contribution < -0.4 is 5.73 Å². The zero-order valence-electron chi connectivity index (χ0n) is 10.7. The Morgan fingerprint density at radius 2 is 2.18 bits per heavy atom. The molecule has 0 radical (unpaired) electrons. The Hall–Kier alpha value is -0.610. The van der Waals surface area contributed by atoms with E-state index in [0.29, 0.717) is 0 Å². The first-order chi connectivity index (χ1) is 8.22. The van der Waals surface area contributed by atoms with Gasteiger partial charge in [0.05, 0.1) is 7.11 Å². The van der Waals surface area contributed by atoms with Crippen LogP contribution in [0.5, 0.6) is 0 Å². The number of nitrogens with zero attached hydrogens (tertiary/aromatic N) is 1. The molecule has 1 saturated heterocycles. The maximum Gasteiger partial charge on any atom is 0.322 e. The number of esters is 1. The minimum absolute atomic E-state index is 0.288. The molecule has 0 amide bonds. The van der Waals surface area contributed by atoms with E-state index in [0.717, 1.165) is 24.9 Å². The number of methoxy groups -OCH3 is 1. The lowest BCUT2D eigenvalue weighted by Gasteiger charge is -2.32. The fraction of sp³-hybridized carbons (Fsp3) is 0.923. The first-order valence-corrected chi connectivity index (χ1v) is 6.80. The van der Waals surface area contributed by atoms with Crippen molar-refractivity contribution in [1.82, 2.24) is 4.90 Å². The van der Waals surface area contributed by atoms with Gasteiger partial charge in [-0.05, 0) is 38.1 Å². The summed E-state index contributed by atoms with van der Waals surface area (Å²) in [5.74, 6) is 0.613. The van der Waals surface area contributed by atoms with Crippen LogP contribution in [0, 0.1) is 5.92 Å². The Balaban J connectivity index is 1.77. The standard InChI is InChI=1S/C13H24N2O2/c1-17-13(16)11(14)7-9-15-8-6-10-4-2-3-5-12(10)15/h10-12H,2-9,14H2,1H3. The molecule has 2 N–H and O–H groups in total. The molecule has 4 nitrogen and oxygen atoms in total. The molecule has 0 aromatic carbocycles. The van der Waals surface area contributed by atoms with Crippen LogP contribution in [0.4, 0.5) is 0 Å². The molecule has 3 atom stereocenters. The van der Waals surface area contributed by atoms with Crippen molar-refractivity contribution < 1.29 is 9.53 Å². The van der Waals surface area contributed by atoms with Crippen molar-refractivity contribution in [3.8, 4) is 0 Å². The predicted octanol–water partition coefficient (Wildman–Crippen LogP) is 1.14. The minimum atomic E-state index is -0.456. The van der Waals surface area contributed by atoms with Gasteiger partial charge >= 0.3 is 5.97 Å². The third kappa shape index (κ3) is 2.99. The van der Waals surface area contributed by atoms with Crippen molar-refractivity contribution in [2.24, 2.45) is 11.7 Å². The van der Waals surface area contributed by atoms with E-state index in [2.05, 4.69) is 9.64 Å². The number of fused-ring (bicyclic) bond motifs is 1. The van der Waals surface area contributed by atoms with Gasteiger partial charge < -0.3 is 15.4 Å². The van der Waals surface area contributed by atoms with Gasteiger partial charge in [0.2, 0.25) is 0 Å². The van der Waals surface area contributed by atoms with Crippen LogP contribution in [-0.4, -0.2) is 43.2 Å². The number of nitrogens with two attached hydrogens (primary N) is 1. The number of hydrogen-bond acceptors (Lipinski definition) is 4. The lowest BCUT2D eigenvalue weighted by Crippen LogP contribution is -2.40. The summed E-state index contributed by atoms with van der Waals surface area (Å²) in [5.41, 5.74) is 5.77. The van der Waals surface area contributed by atoms with E-state index < -0.39 is 6.04 Å². The fourth-order valence-corrected chi connectivity index (χ4v) is 3.35. The first-order valence-electron chi connectivity index (χ1n) is 6.80. The molecule has 2 rings (SSSR count). The van der Waals surface area contributed by atoms with Crippen LogP contribution in [0.25, 0.3) is 0 Å². The predicted molar refractivity (Wildman–Crippen MR) is 66.5 cm³/mol. The average Bonchev–Trinajstić information content (AvgIpc) is 2.78. The number of likely N-dealkylation sites (tertiary alicyclic amines) is 1. The van der Waals surface area contributed by atoms with Crippen LogP contribution in [-0.2, 0) is 9.53 Å². The highest BCUT2D eigenvalue weighted by molar-refractivity contribution is 5.75. The number of carbonyl (C=O) groups excluding carboxylic acids is 1. The number of ether oxygens (including phenoxy) is 1. The van der Waals surface area contributed by atoms with Crippen molar-refractivity contribution in [3.63, 3.8) is 0 Å². The van der Waals surface area contributed by atoms with E-state index in [9.17, 15) is 4.79 Å². The summed E-state index contributed by atoms with van der Waals surface area (Å²) >= 11 is 0. The normalized spacial score (nSPS) is 30.9. The van der Waals surface area contributed by atoms with Crippen LogP contribution >= 0.6 is 0 Å². The summed E-state index contributed by atoms with van der Waals surface area (Å²) in [6.45, 7) is 2.13. The van der Waals surface area contributed by atoms with Crippen molar-refractivity contribution >= 4 is 5.97 Å². The topological polar surface area (TPSA) is 55.6 Å². The highest BCUT2D eigenvalue weighted by Gasteiger charge is 2.35. The molecule has 3 unspecified atom stereocenters. The van der Waals surface area contributed by atoms with E-state index in [1.165, 1.54) is 45.8 Å². The van der Waals surface area contributed by atoms with Gasteiger partial charge in [-0.3, -0.25) is 4.79 Å². The summed E-state index contributed by atoms with van der Waals surface area (Å²) in [4.78, 5) is 13.8. The van der Waals surface area contributed by atoms with Gasteiger partial charge in [0.1, 0.15) is 6.04 Å². The quantitative estimate of drug-likeness (QED) is 0.749. The van der Waals surface area contributed by atoms with Crippen LogP contribution in [0.15, 0.2) is 0 Å². The first kappa shape index (κ1) is 12.8. The zero-order chi connectivity index (χ0) is 12.3. The summed E-state index contributed by atoms with van der Waals surface area (Å²) in [7, 11) is 1.40. The Bertz CT molecular complexity index is 270. The van der Waals surface area contributed by atoms with E-state index in [1.807, 2.05) is 0 Å². The highest BCUT2D eigenvalue weighted by Crippen LogP contribution is 2.36. The lowest BCUT2D eigenvalue weighted by molar-refractivity contribution is -0.142. The van der Waals surface area contributed by atoms with E-state index >= 15 is 0 Å². The summed E-state index contributed by atoms with van der Waals surface area (Å²) in [6, 6.07) is 0.302. The molecule has 1 saturated carbocycles. The van der Waals surface area contributed by atoms with E-state index in [-0.39, 0.29) is 5.97 Å². The zero-order valence-corrected chi connectivity index (χ0v) is 10.7. The van der Waals surface area contributed by atoms with Crippen LogP contribution in [0.1, 0.15) is 38.5 Å². The lowest BCUT2D eigenvalue weighted by atomic mass is 9.85. The summed E-state index contributed by atoms with van der Waals surface area (Å²) in [6.07, 6.45) is 7.54. The van der Waals surface area contributed by atoms with Crippen molar-refractivity contribution in [3.05, 3.63) is 0 Å². The third-order valence-corrected chi connectivity index (χ3v) is 4.36. The van der Waals surface area contributed by atoms with E-state index in [1.54, 1.807) is 0 Å². The summed E-state index contributed by atoms with van der Waals surface area (Å²) < 4.78 is 4.65. The molecule has 1 aliphatic carbocycles. The van der Waals surface area contributed by atoms with Crippen molar-refractivity contribution in [2.45, 2.75) is 50.6 Å². The molecule has 2 fully saturated rings. The minimum Gasteiger partial charge on any atom is -0.468 e. The number of hydrogen-bond donors (Lipinski definition) is 1. The molecule has 0 aromatic rings. The van der Waals surface area contributed by atoms with Gasteiger partial charge in [0, 0.05) is 12.6 Å². The molecule has 1 heterocycles. The fourth-order valence-electron chi connectivity index (χ4n) is 3.35. The molecule has 1 aliphatic heterocycles. The molecule has 4 heteroatoms. The Labute approximate surface area is 103 Å². The van der Waals surface area contributed by atoms with Gasteiger partial charge in [0.15, 0.2) is 0 Å². The van der Waals surface area contributed by atoms with Crippen LogP contribution in [0.2, 0.25) is 0 Å². The second kappa shape index (κ2) is 5.83. The number of carbonyl (C=O) groups is 1. The largest absolute Gasteiger partial charge is 0.468 e. The van der Waals surface area contributed by atoms with Crippen LogP contribution in [0.3, 0.4) is 0 Å². The molecule has 2 aliphatic rings. The van der Waals surface area contributed by atoms with Crippen molar-refractivity contribution in [1.29, 1.82) is 0 Å². The van der Waals surface area contributed by atoms with Gasteiger partial charge in [-0.2, -0.15) is 0 Å². The van der Waals surface area contributed by atoms with Gasteiger partial charge in [-0.25, -0.2) is 0 Å². The smallest absolute Gasteiger partial charge is 0.322 e. The molecular weight excluding hydrogens is 216 g/mol. The number of rotatable bonds is 4. The molecule has 0 bridgehead atoms. The molecule has 17 heavy (non-hydrogen) atoms. The maximum atomic E-state index is 11.2. The van der Waals surface area contributed by atoms with Crippen molar-refractivity contribution in [2.75, 3.05) is 20.2 Å². The second-order valence-corrected chi connectivity index (χ2v) is 5.35. The average molecular weight is 240 g/mol. The molecule has 0 aromatic heterocycles. The SMILES string of the molecule is COC(=O)C(N)CCN1CCC2CCCCC21. The third-order valence-electron chi connectivity index (χ3n) is 4.36. The Morgan fingerprint density at radius 1 is 1.41 bits per heavy atom. The molecular formula is C13H24N2O2. The Morgan fingerprint density at radius 3 is 2.94 bits per heavy atom. The second-order valence-electron chi connectivity index (χ2n) is 5.35. The molecule has 98 valence electrons. The maximum absolute atomic E-state index is 11.2. The monoisotopic (exact) mass is 240 g/mol. The van der Waals surface area contributed by atoms with E-state index in [4.69, 9.17) is 5.73 Å². The summed E-state index contributed by atoms with van der Waals surface area (Å²) in [5, 5.41) is 0. The van der Waals surface area contributed by atoms with Gasteiger partial charge in [0.25, 0.3) is 0 Å². The van der Waals surface area contributed by atoms with Gasteiger partial charge in [-0.1, -0.05) is 12.8 Å². The Kier molecular flexibility index (Phi) is 4.40. The highest BCUT2D eigenvalue weighted by atomic mass is 16.5. The van der Waals surface area contributed by atoms with Gasteiger partial charge in [-0.15, -0.1) is 0 Å².